The van der Waals surface area contributed by atoms with Gasteiger partial charge in [-0.1, -0.05) is 6.07 Å². The predicted octanol–water partition coefficient (Wildman–Crippen LogP) is 3.07. The van der Waals surface area contributed by atoms with Crippen molar-refractivity contribution in [3.63, 3.8) is 0 Å². The lowest BCUT2D eigenvalue weighted by Crippen LogP contribution is -2.28. The van der Waals surface area contributed by atoms with E-state index in [1.54, 1.807) is 6.33 Å². The SMILES string of the molecule is Nc1ncnc2c1ncn2C1CCC(C(=O)Nc2cccc(S(=O)(=O)C(F)(F)F)c2)CC1. The van der Waals surface area contributed by atoms with E-state index in [1.165, 1.54) is 12.4 Å². The molecule has 1 aliphatic rings. The van der Waals surface area contributed by atoms with Crippen molar-refractivity contribution in [1.29, 1.82) is 0 Å². The summed E-state index contributed by atoms with van der Waals surface area (Å²) in [6, 6.07) is 4.23. The van der Waals surface area contributed by atoms with Gasteiger partial charge < -0.3 is 15.6 Å². The summed E-state index contributed by atoms with van der Waals surface area (Å²) in [5.74, 6) is -0.438. The number of nitrogens with two attached hydrogens (primary N) is 1. The molecule has 3 aromatic rings. The highest BCUT2D eigenvalue weighted by Gasteiger charge is 2.47. The number of halogens is 3. The molecule has 0 saturated heterocycles. The highest BCUT2D eigenvalue weighted by atomic mass is 32.2. The average molecular weight is 468 g/mol. The lowest BCUT2D eigenvalue weighted by atomic mass is 9.85. The topological polar surface area (TPSA) is 133 Å². The first-order valence-electron chi connectivity index (χ1n) is 9.73. The van der Waals surface area contributed by atoms with Gasteiger partial charge in [0.25, 0.3) is 9.84 Å². The van der Waals surface area contributed by atoms with Crippen molar-refractivity contribution in [3.8, 4) is 0 Å². The van der Waals surface area contributed by atoms with E-state index >= 15 is 0 Å². The molecule has 9 nitrogen and oxygen atoms in total. The first kappa shape index (κ1) is 22.0. The summed E-state index contributed by atoms with van der Waals surface area (Å²) in [6.07, 6.45) is 5.41. The highest BCUT2D eigenvalue weighted by molar-refractivity contribution is 7.92. The monoisotopic (exact) mass is 468 g/mol. The van der Waals surface area contributed by atoms with Crippen LogP contribution in [0.1, 0.15) is 31.7 Å². The maximum atomic E-state index is 12.8. The number of rotatable bonds is 4. The number of benzene rings is 1. The van der Waals surface area contributed by atoms with Crippen LogP contribution in [-0.2, 0) is 14.6 Å². The number of amides is 1. The Bertz CT molecular complexity index is 1270. The molecule has 3 N–H and O–H groups in total. The van der Waals surface area contributed by atoms with E-state index in [2.05, 4.69) is 20.3 Å². The third kappa shape index (κ3) is 3.99. The fourth-order valence-corrected chi connectivity index (χ4v) is 4.68. The van der Waals surface area contributed by atoms with E-state index in [-0.39, 0.29) is 29.4 Å². The summed E-state index contributed by atoms with van der Waals surface area (Å²) in [5.41, 5.74) is 1.53. The fraction of sp³-hybridized carbons (Fsp3) is 0.368. The number of nitrogens with zero attached hydrogens (tertiary/aromatic N) is 4. The van der Waals surface area contributed by atoms with Crippen LogP contribution in [-0.4, -0.2) is 39.4 Å². The Morgan fingerprint density at radius 3 is 2.53 bits per heavy atom. The van der Waals surface area contributed by atoms with Crippen LogP contribution in [0.2, 0.25) is 0 Å². The zero-order valence-corrected chi connectivity index (χ0v) is 17.4. The second-order valence-electron chi connectivity index (χ2n) is 7.55. The molecule has 0 atom stereocenters. The van der Waals surface area contributed by atoms with E-state index in [0.29, 0.717) is 36.8 Å². The lowest BCUT2D eigenvalue weighted by Gasteiger charge is -2.28. The van der Waals surface area contributed by atoms with Crippen LogP contribution in [0.3, 0.4) is 0 Å². The van der Waals surface area contributed by atoms with Gasteiger partial charge in [0.05, 0.1) is 11.2 Å². The molecule has 0 spiro atoms. The van der Waals surface area contributed by atoms with Crippen molar-refractivity contribution < 1.29 is 26.4 Å². The Kier molecular flexibility index (Phi) is 5.53. The van der Waals surface area contributed by atoms with Crippen LogP contribution in [0.15, 0.2) is 41.8 Å². The Morgan fingerprint density at radius 1 is 1.12 bits per heavy atom. The molecular weight excluding hydrogens is 449 g/mol. The van der Waals surface area contributed by atoms with Crippen LogP contribution in [0.4, 0.5) is 24.7 Å². The number of anilines is 2. The van der Waals surface area contributed by atoms with Crippen molar-refractivity contribution in [2.75, 3.05) is 11.1 Å². The number of nitrogens with one attached hydrogen (secondary N) is 1. The highest BCUT2D eigenvalue weighted by Crippen LogP contribution is 2.35. The number of fused-ring (bicyclic) bond motifs is 1. The number of nitrogen functional groups attached to an aromatic ring is 1. The maximum Gasteiger partial charge on any atom is 0.501 e. The van der Waals surface area contributed by atoms with Gasteiger partial charge in [-0.15, -0.1) is 0 Å². The largest absolute Gasteiger partial charge is 0.501 e. The summed E-state index contributed by atoms with van der Waals surface area (Å²) in [7, 11) is -5.49. The summed E-state index contributed by atoms with van der Waals surface area (Å²) in [5, 5.41) is 2.54. The third-order valence-electron chi connectivity index (χ3n) is 5.56. The minimum Gasteiger partial charge on any atom is -0.382 e. The van der Waals surface area contributed by atoms with Crippen LogP contribution < -0.4 is 11.1 Å². The number of sulfone groups is 1. The lowest BCUT2D eigenvalue weighted by molar-refractivity contribution is -0.121. The van der Waals surface area contributed by atoms with Gasteiger partial charge in [0.1, 0.15) is 11.8 Å². The van der Waals surface area contributed by atoms with E-state index < -0.39 is 20.2 Å². The molecule has 2 heterocycles. The fourth-order valence-electron chi connectivity index (χ4n) is 3.87. The van der Waals surface area contributed by atoms with Crippen LogP contribution >= 0.6 is 0 Å². The molecule has 1 aliphatic carbocycles. The molecule has 32 heavy (non-hydrogen) atoms. The van der Waals surface area contributed by atoms with Gasteiger partial charge in [-0.05, 0) is 43.9 Å². The molecule has 0 radical (unpaired) electrons. The normalized spacial score (nSPS) is 19.7. The summed E-state index contributed by atoms with van der Waals surface area (Å²) in [4.78, 5) is 24.1. The molecule has 13 heteroatoms. The van der Waals surface area contributed by atoms with Gasteiger partial charge in [-0.2, -0.15) is 13.2 Å². The standard InChI is InChI=1S/C19H19F3N6O3S/c20-19(21,22)32(30,31)14-3-1-2-12(8-14)27-18(29)11-4-6-13(7-5-11)28-10-26-15-16(23)24-9-25-17(15)28/h1-3,8-11,13H,4-7H2,(H,27,29)(H2,23,24,25). The van der Waals surface area contributed by atoms with Crippen molar-refractivity contribution in [3.05, 3.63) is 36.9 Å². The molecule has 4 rings (SSSR count). The van der Waals surface area contributed by atoms with E-state index in [9.17, 15) is 26.4 Å². The van der Waals surface area contributed by atoms with Gasteiger partial charge in [-0.3, -0.25) is 4.79 Å². The maximum absolute atomic E-state index is 12.8. The first-order valence-corrected chi connectivity index (χ1v) is 11.2. The summed E-state index contributed by atoms with van der Waals surface area (Å²) >= 11 is 0. The molecule has 1 aromatic carbocycles. The third-order valence-corrected chi connectivity index (χ3v) is 7.05. The number of imidazole rings is 1. The number of hydrogen-bond acceptors (Lipinski definition) is 7. The smallest absolute Gasteiger partial charge is 0.382 e. The number of aromatic nitrogens is 4. The van der Waals surface area contributed by atoms with Crippen LogP contribution in [0.5, 0.6) is 0 Å². The average Bonchev–Trinajstić information content (AvgIpc) is 3.19. The molecule has 0 aliphatic heterocycles. The number of carbonyl (C=O) groups excluding carboxylic acids is 1. The summed E-state index contributed by atoms with van der Waals surface area (Å²) in [6.45, 7) is 0. The second kappa shape index (κ2) is 8.04. The molecule has 1 saturated carbocycles. The van der Waals surface area contributed by atoms with Crippen molar-refractivity contribution in [2.24, 2.45) is 5.92 Å². The molecular formula is C19H19F3N6O3S. The van der Waals surface area contributed by atoms with Crippen LogP contribution in [0.25, 0.3) is 11.2 Å². The quantitative estimate of drug-likeness (QED) is 0.601. The minimum absolute atomic E-state index is 0.00442. The molecule has 170 valence electrons. The van der Waals surface area contributed by atoms with E-state index in [4.69, 9.17) is 5.73 Å². The Hall–Kier alpha value is -3.22. The predicted molar refractivity (Wildman–Crippen MR) is 109 cm³/mol. The zero-order chi connectivity index (χ0) is 23.1. The molecule has 0 bridgehead atoms. The van der Waals surface area contributed by atoms with E-state index in [0.717, 1.165) is 18.2 Å². The van der Waals surface area contributed by atoms with Gasteiger partial charge in [0, 0.05) is 17.6 Å². The summed E-state index contributed by atoms with van der Waals surface area (Å²) < 4.78 is 63.4. The van der Waals surface area contributed by atoms with Gasteiger partial charge in [0.15, 0.2) is 11.5 Å². The molecule has 1 amide bonds. The van der Waals surface area contributed by atoms with E-state index in [1.807, 2.05) is 4.57 Å². The van der Waals surface area contributed by atoms with Gasteiger partial charge >= 0.3 is 5.51 Å². The zero-order valence-electron chi connectivity index (χ0n) is 16.6. The van der Waals surface area contributed by atoms with Gasteiger partial charge in [0.2, 0.25) is 5.91 Å². The van der Waals surface area contributed by atoms with Crippen LogP contribution in [0, 0.1) is 5.92 Å². The van der Waals surface area contributed by atoms with Gasteiger partial charge in [-0.25, -0.2) is 23.4 Å². The number of alkyl halides is 3. The number of hydrogen-bond donors (Lipinski definition) is 2. The molecule has 0 unspecified atom stereocenters. The van der Waals surface area contributed by atoms with Crippen molar-refractivity contribution in [2.45, 2.75) is 42.1 Å². The first-order chi connectivity index (χ1) is 15.1. The number of carbonyl (C=O) groups is 1. The van der Waals surface area contributed by atoms with Crippen molar-refractivity contribution in [1.82, 2.24) is 19.5 Å². The Morgan fingerprint density at radius 2 is 1.84 bits per heavy atom. The van der Waals surface area contributed by atoms with Crippen molar-refractivity contribution >= 4 is 38.4 Å². The molecule has 1 fully saturated rings. The Labute approximate surface area is 180 Å². The minimum atomic E-state index is -5.49. The second-order valence-corrected chi connectivity index (χ2v) is 9.50. The molecule has 2 aromatic heterocycles. The Balaban J connectivity index is 1.42.